The van der Waals surface area contributed by atoms with Crippen LogP contribution in [0.2, 0.25) is 0 Å². The van der Waals surface area contributed by atoms with Crippen LogP contribution < -0.4 is 5.32 Å². The van der Waals surface area contributed by atoms with Crippen molar-refractivity contribution in [2.75, 3.05) is 5.32 Å². The Balaban J connectivity index is 1.73. The van der Waals surface area contributed by atoms with Crippen LogP contribution >= 0.6 is 0 Å². The fraction of sp³-hybridized carbons (Fsp3) is 0.529. The second-order valence-electron chi connectivity index (χ2n) is 6.13. The highest BCUT2D eigenvalue weighted by molar-refractivity contribution is 5.62. The van der Waals surface area contributed by atoms with Crippen molar-refractivity contribution < 1.29 is 0 Å². The van der Waals surface area contributed by atoms with Crippen molar-refractivity contribution in [3.8, 4) is 11.4 Å². The van der Waals surface area contributed by atoms with Gasteiger partial charge in [0.15, 0.2) is 5.82 Å². The summed E-state index contributed by atoms with van der Waals surface area (Å²) in [6.45, 7) is 2.31. The van der Waals surface area contributed by atoms with Crippen molar-refractivity contribution in [1.29, 1.82) is 0 Å². The number of benzene rings is 1. The van der Waals surface area contributed by atoms with Gasteiger partial charge in [0.25, 0.3) is 0 Å². The van der Waals surface area contributed by atoms with Crippen LogP contribution in [0.3, 0.4) is 0 Å². The van der Waals surface area contributed by atoms with Crippen LogP contribution in [-0.2, 0) is 7.05 Å². The highest BCUT2D eigenvalue weighted by atomic mass is 15.2. The summed E-state index contributed by atoms with van der Waals surface area (Å²) in [6.07, 6.45) is 8.36. The number of aryl methyl sites for hydroxylation is 1. The fourth-order valence-corrected chi connectivity index (χ4v) is 3.32. The molecule has 1 aromatic heterocycles. The number of rotatable bonds is 4. The topological polar surface area (TPSA) is 42.7 Å². The lowest BCUT2D eigenvalue weighted by molar-refractivity contribution is 0.327. The van der Waals surface area contributed by atoms with Gasteiger partial charge in [0, 0.05) is 24.3 Å². The Kier molecular flexibility index (Phi) is 4.23. The van der Waals surface area contributed by atoms with Crippen LogP contribution in [0.15, 0.2) is 30.6 Å². The van der Waals surface area contributed by atoms with Crippen molar-refractivity contribution in [2.24, 2.45) is 13.0 Å². The molecule has 1 fully saturated rings. The van der Waals surface area contributed by atoms with Gasteiger partial charge in [0.05, 0.1) is 0 Å². The quantitative estimate of drug-likeness (QED) is 0.927. The molecule has 0 amide bonds. The zero-order chi connectivity index (χ0) is 14.7. The summed E-state index contributed by atoms with van der Waals surface area (Å²) in [6, 6.07) is 9.12. The van der Waals surface area contributed by atoms with E-state index in [4.69, 9.17) is 0 Å². The Morgan fingerprint density at radius 1 is 1.33 bits per heavy atom. The number of hydrogen-bond acceptors (Lipinski definition) is 3. The maximum absolute atomic E-state index is 4.18. The van der Waals surface area contributed by atoms with E-state index in [-0.39, 0.29) is 0 Å². The summed E-state index contributed by atoms with van der Waals surface area (Å²) >= 11 is 0. The van der Waals surface area contributed by atoms with Gasteiger partial charge in [-0.05, 0) is 30.9 Å². The van der Waals surface area contributed by atoms with Crippen molar-refractivity contribution in [3.05, 3.63) is 30.6 Å². The van der Waals surface area contributed by atoms with Gasteiger partial charge in [-0.25, -0.2) is 0 Å². The van der Waals surface area contributed by atoms with Gasteiger partial charge in [-0.3, -0.25) is 0 Å². The van der Waals surface area contributed by atoms with E-state index in [0.29, 0.717) is 6.04 Å². The zero-order valence-corrected chi connectivity index (χ0v) is 12.9. The minimum absolute atomic E-state index is 0.610. The molecule has 2 atom stereocenters. The molecule has 0 spiro atoms. The van der Waals surface area contributed by atoms with Crippen LogP contribution in [-0.4, -0.2) is 20.8 Å². The van der Waals surface area contributed by atoms with E-state index in [1.54, 1.807) is 6.33 Å². The highest BCUT2D eigenvalue weighted by Gasteiger charge is 2.20. The first-order valence-electron chi connectivity index (χ1n) is 7.97. The van der Waals surface area contributed by atoms with Crippen molar-refractivity contribution in [3.63, 3.8) is 0 Å². The molecule has 4 nitrogen and oxygen atoms in total. The van der Waals surface area contributed by atoms with E-state index < -0.39 is 0 Å². The average Bonchev–Trinajstić information content (AvgIpc) is 2.94. The molecule has 1 N–H and O–H groups in total. The molecule has 1 aliphatic carbocycles. The summed E-state index contributed by atoms with van der Waals surface area (Å²) in [5, 5.41) is 11.9. The number of nitrogens with one attached hydrogen (secondary N) is 1. The van der Waals surface area contributed by atoms with Crippen LogP contribution in [0.4, 0.5) is 5.69 Å². The van der Waals surface area contributed by atoms with Gasteiger partial charge in [0.2, 0.25) is 0 Å². The summed E-state index contributed by atoms with van der Waals surface area (Å²) < 4.78 is 1.95. The van der Waals surface area contributed by atoms with Crippen LogP contribution in [0.1, 0.15) is 39.0 Å². The van der Waals surface area contributed by atoms with Crippen molar-refractivity contribution >= 4 is 5.69 Å². The highest BCUT2D eigenvalue weighted by Crippen LogP contribution is 2.29. The molecular weight excluding hydrogens is 260 g/mol. The normalized spacial score (nSPS) is 22.2. The smallest absolute Gasteiger partial charge is 0.163 e. The van der Waals surface area contributed by atoms with Crippen LogP contribution in [0.25, 0.3) is 11.4 Å². The van der Waals surface area contributed by atoms with Gasteiger partial charge in [0.1, 0.15) is 6.33 Å². The standard InChI is InChI=1S/C17H24N4/c1-3-13-6-4-8-15(10-13)19-16-9-5-7-14(11-16)17-20-18-12-21(17)2/h5,7,9,11-13,15,19H,3-4,6,8,10H2,1-2H3. The minimum atomic E-state index is 0.610. The van der Waals surface area contributed by atoms with E-state index in [9.17, 15) is 0 Å². The van der Waals surface area contributed by atoms with E-state index in [2.05, 4.69) is 46.7 Å². The monoisotopic (exact) mass is 284 g/mol. The van der Waals surface area contributed by atoms with E-state index in [1.165, 1.54) is 37.8 Å². The summed E-state index contributed by atoms with van der Waals surface area (Å²) in [5.74, 6) is 1.80. The second kappa shape index (κ2) is 6.29. The minimum Gasteiger partial charge on any atom is -0.382 e. The Labute approximate surface area is 126 Å². The molecule has 1 aromatic carbocycles. The second-order valence-corrected chi connectivity index (χ2v) is 6.13. The zero-order valence-electron chi connectivity index (χ0n) is 12.9. The molecule has 0 radical (unpaired) electrons. The number of hydrogen-bond donors (Lipinski definition) is 1. The molecule has 1 aliphatic rings. The van der Waals surface area contributed by atoms with Gasteiger partial charge in [-0.1, -0.05) is 38.3 Å². The van der Waals surface area contributed by atoms with E-state index in [0.717, 1.165) is 17.3 Å². The maximum atomic E-state index is 4.18. The van der Waals surface area contributed by atoms with Gasteiger partial charge < -0.3 is 9.88 Å². The average molecular weight is 284 g/mol. The Hall–Kier alpha value is -1.84. The van der Waals surface area contributed by atoms with E-state index >= 15 is 0 Å². The van der Waals surface area contributed by atoms with Gasteiger partial charge in [-0.2, -0.15) is 0 Å². The third-order valence-corrected chi connectivity index (χ3v) is 4.56. The Morgan fingerprint density at radius 3 is 3.00 bits per heavy atom. The molecule has 0 bridgehead atoms. The summed E-state index contributed by atoms with van der Waals surface area (Å²) in [4.78, 5) is 0. The molecule has 1 heterocycles. The molecular formula is C17H24N4. The number of anilines is 1. The fourth-order valence-electron chi connectivity index (χ4n) is 3.32. The summed E-state index contributed by atoms with van der Waals surface area (Å²) in [5.41, 5.74) is 2.31. The lowest BCUT2D eigenvalue weighted by Crippen LogP contribution is -2.27. The molecule has 2 unspecified atom stereocenters. The van der Waals surface area contributed by atoms with Gasteiger partial charge >= 0.3 is 0 Å². The molecule has 2 aromatic rings. The van der Waals surface area contributed by atoms with Crippen molar-refractivity contribution in [1.82, 2.24) is 14.8 Å². The lowest BCUT2D eigenvalue weighted by Gasteiger charge is -2.30. The van der Waals surface area contributed by atoms with Crippen LogP contribution in [0, 0.1) is 5.92 Å². The Bertz CT molecular complexity index is 590. The lowest BCUT2D eigenvalue weighted by atomic mass is 9.84. The van der Waals surface area contributed by atoms with Gasteiger partial charge in [-0.15, -0.1) is 10.2 Å². The predicted octanol–water partition coefficient (Wildman–Crippen LogP) is 3.86. The molecule has 1 saturated carbocycles. The SMILES string of the molecule is CCC1CCCC(Nc2cccc(-c3nncn3C)c2)C1. The maximum Gasteiger partial charge on any atom is 0.163 e. The molecule has 4 heteroatoms. The molecule has 3 rings (SSSR count). The third-order valence-electron chi connectivity index (χ3n) is 4.56. The first-order valence-corrected chi connectivity index (χ1v) is 7.97. The summed E-state index contributed by atoms with van der Waals surface area (Å²) in [7, 11) is 1.97. The third kappa shape index (κ3) is 3.26. The van der Waals surface area contributed by atoms with Crippen molar-refractivity contribution in [2.45, 2.75) is 45.1 Å². The molecule has 112 valence electrons. The number of nitrogens with zero attached hydrogens (tertiary/aromatic N) is 3. The molecule has 0 aliphatic heterocycles. The Morgan fingerprint density at radius 2 is 2.24 bits per heavy atom. The number of aromatic nitrogens is 3. The predicted molar refractivity (Wildman–Crippen MR) is 86.1 cm³/mol. The van der Waals surface area contributed by atoms with E-state index in [1.807, 2.05) is 11.6 Å². The molecule has 21 heavy (non-hydrogen) atoms. The largest absolute Gasteiger partial charge is 0.382 e. The molecule has 0 saturated heterocycles. The first-order chi connectivity index (χ1) is 10.3. The van der Waals surface area contributed by atoms with Crippen LogP contribution in [0.5, 0.6) is 0 Å². The first kappa shape index (κ1) is 14.1.